The van der Waals surface area contributed by atoms with Gasteiger partial charge in [0.15, 0.2) is 17.3 Å². The predicted molar refractivity (Wildman–Crippen MR) is 104 cm³/mol. The van der Waals surface area contributed by atoms with Crippen molar-refractivity contribution < 1.29 is 9.47 Å². The summed E-state index contributed by atoms with van der Waals surface area (Å²) >= 11 is 7.76. The molecule has 0 unspecified atom stereocenters. The van der Waals surface area contributed by atoms with Gasteiger partial charge in [0.2, 0.25) is 11.9 Å². The highest BCUT2D eigenvalue weighted by molar-refractivity contribution is 7.99. The van der Waals surface area contributed by atoms with E-state index in [0.29, 0.717) is 5.02 Å². The highest BCUT2D eigenvalue weighted by atomic mass is 35.5. The molecule has 6 nitrogen and oxygen atoms in total. The Morgan fingerprint density at radius 2 is 1.96 bits per heavy atom. The summed E-state index contributed by atoms with van der Waals surface area (Å²) in [7, 11) is 0. The number of halogens is 1. The SMILES string of the molecule is Clc1cccc(C2=Nn3c(CCc4ccc5c(c4)OCO5)nnc3SC2)c1. The lowest BCUT2D eigenvalue weighted by Gasteiger charge is -2.14. The maximum absolute atomic E-state index is 6.12. The van der Waals surface area contributed by atoms with Crippen LogP contribution in [0.2, 0.25) is 5.02 Å². The van der Waals surface area contributed by atoms with Gasteiger partial charge in [0, 0.05) is 22.8 Å². The van der Waals surface area contributed by atoms with E-state index in [2.05, 4.69) is 16.3 Å². The first-order valence-electron chi connectivity index (χ1n) is 8.56. The molecule has 2 aliphatic rings. The molecule has 0 fully saturated rings. The molecule has 0 amide bonds. The van der Waals surface area contributed by atoms with Gasteiger partial charge < -0.3 is 9.47 Å². The van der Waals surface area contributed by atoms with Crippen LogP contribution in [-0.4, -0.2) is 33.1 Å². The minimum atomic E-state index is 0.286. The van der Waals surface area contributed by atoms with Crippen LogP contribution in [0.4, 0.5) is 0 Å². The number of thioether (sulfide) groups is 1. The molecule has 0 N–H and O–H groups in total. The van der Waals surface area contributed by atoms with Gasteiger partial charge in [-0.2, -0.15) is 9.78 Å². The molecule has 0 atom stereocenters. The first-order valence-corrected chi connectivity index (χ1v) is 9.92. The van der Waals surface area contributed by atoms with E-state index >= 15 is 0 Å². The summed E-state index contributed by atoms with van der Waals surface area (Å²) in [5.41, 5.74) is 3.16. The van der Waals surface area contributed by atoms with E-state index in [9.17, 15) is 0 Å². The summed E-state index contributed by atoms with van der Waals surface area (Å²) in [6, 6.07) is 13.8. The maximum atomic E-state index is 6.12. The molecule has 1 aromatic heterocycles. The first kappa shape index (κ1) is 16.6. The summed E-state index contributed by atoms with van der Waals surface area (Å²) in [5, 5.41) is 14.9. The smallest absolute Gasteiger partial charge is 0.231 e. The Morgan fingerprint density at radius 3 is 2.89 bits per heavy atom. The number of hydrogen-bond donors (Lipinski definition) is 0. The lowest BCUT2D eigenvalue weighted by Crippen LogP contribution is -2.15. The predicted octanol–water partition coefficient (Wildman–Crippen LogP) is 3.80. The highest BCUT2D eigenvalue weighted by Gasteiger charge is 2.20. The van der Waals surface area contributed by atoms with Crippen molar-refractivity contribution in [2.45, 2.75) is 18.0 Å². The molecule has 0 saturated heterocycles. The van der Waals surface area contributed by atoms with Crippen molar-refractivity contribution in [3.8, 4) is 11.5 Å². The second-order valence-electron chi connectivity index (χ2n) is 6.24. The van der Waals surface area contributed by atoms with Gasteiger partial charge >= 0.3 is 0 Å². The standard InChI is InChI=1S/C19H15ClN4O2S/c20-14-3-1-2-13(9-14)15-10-27-19-22-21-18(24(19)23-15)7-5-12-4-6-16-17(8-12)26-11-25-16/h1-4,6,8-9H,5,7,10-11H2. The molecule has 136 valence electrons. The van der Waals surface area contributed by atoms with Crippen LogP contribution in [0.1, 0.15) is 17.0 Å². The fourth-order valence-electron chi connectivity index (χ4n) is 3.09. The Labute approximate surface area is 165 Å². The molecule has 0 radical (unpaired) electrons. The Kier molecular flexibility index (Phi) is 4.26. The molecule has 3 aromatic rings. The number of aromatic nitrogens is 3. The third-order valence-electron chi connectivity index (χ3n) is 4.47. The van der Waals surface area contributed by atoms with E-state index in [-0.39, 0.29) is 6.79 Å². The van der Waals surface area contributed by atoms with Crippen LogP contribution in [-0.2, 0) is 12.8 Å². The number of benzene rings is 2. The molecule has 5 rings (SSSR count). The number of ether oxygens (including phenoxy) is 2. The highest BCUT2D eigenvalue weighted by Crippen LogP contribution is 2.33. The zero-order chi connectivity index (χ0) is 18.2. The normalized spacial score (nSPS) is 14.8. The van der Waals surface area contributed by atoms with Gasteiger partial charge in [0.1, 0.15) is 0 Å². The minimum absolute atomic E-state index is 0.286. The molecule has 2 aliphatic heterocycles. The fraction of sp³-hybridized carbons (Fsp3) is 0.211. The van der Waals surface area contributed by atoms with Crippen LogP contribution in [0.15, 0.2) is 52.7 Å². The lowest BCUT2D eigenvalue weighted by atomic mass is 10.1. The number of fused-ring (bicyclic) bond motifs is 2. The van der Waals surface area contributed by atoms with Crippen LogP contribution in [0, 0.1) is 0 Å². The van der Waals surface area contributed by atoms with E-state index in [1.807, 2.05) is 41.1 Å². The Bertz CT molecular complexity index is 1050. The molecule has 0 spiro atoms. The van der Waals surface area contributed by atoms with Gasteiger partial charge in [0.25, 0.3) is 0 Å². The van der Waals surface area contributed by atoms with Crippen LogP contribution in [0.5, 0.6) is 11.5 Å². The van der Waals surface area contributed by atoms with Crippen LogP contribution in [0.25, 0.3) is 0 Å². The topological polar surface area (TPSA) is 61.5 Å². The maximum Gasteiger partial charge on any atom is 0.231 e. The molecule has 3 heterocycles. The van der Waals surface area contributed by atoms with Crippen LogP contribution >= 0.6 is 23.4 Å². The van der Waals surface area contributed by atoms with Gasteiger partial charge in [-0.1, -0.05) is 41.6 Å². The van der Waals surface area contributed by atoms with Crippen LogP contribution < -0.4 is 9.47 Å². The molecule has 0 aliphatic carbocycles. The summed E-state index contributed by atoms with van der Waals surface area (Å²) in [6.45, 7) is 0.286. The summed E-state index contributed by atoms with van der Waals surface area (Å²) in [4.78, 5) is 0. The van der Waals surface area contributed by atoms with Crippen molar-refractivity contribution in [1.82, 2.24) is 14.9 Å². The fourth-order valence-corrected chi connectivity index (χ4v) is 4.13. The third-order valence-corrected chi connectivity index (χ3v) is 5.63. The third kappa shape index (κ3) is 3.28. The quantitative estimate of drug-likeness (QED) is 0.668. The van der Waals surface area contributed by atoms with E-state index in [1.54, 1.807) is 11.8 Å². The number of aryl methyl sites for hydroxylation is 2. The molecular formula is C19H15ClN4O2S. The van der Waals surface area contributed by atoms with Crippen molar-refractivity contribution in [1.29, 1.82) is 0 Å². The zero-order valence-electron chi connectivity index (χ0n) is 14.3. The lowest BCUT2D eigenvalue weighted by molar-refractivity contribution is 0.174. The van der Waals surface area contributed by atoms with Crippen molar-refractivity contribution in [2.75, 3.05) is 12.5 Å². The Balaban J connectivity index is 1.38. The number of nitrogens with zero attached hydrogens (tertiary/aromatic N) is 4. The summed E-state index contributed by atoms with van der Waals surface area (Å²) in [6.07, 6.45) is 1.56. The Hall–Kier alpha value is -2.51. The molecule has 8 heteroatoms. The van der Waals surface area contributed by atoms with Gasteiger partial charge in [-0.05, 0) is 36.2 Å². The average molecular weight is 399 g/mol. The molecule has 27 heavy (non-hydrogen) atoms. The average Bonchev–Trinajstić information content (AvgIpc) is 3.32. The molecule has 2 aromatic carbocycles. The molecular weight excluding hydrogens is 384 g/mol. The minimum Gasteiger partial charge on any atom is -0.454 e. The summed E-state index contributed by atoms with van der Waals surface area (Å²) < 4.78 is 12.7. The van der Waals surface area contributed by atoms with E-state index in [1.165, 1.54) is 5.56 Å². The van der Waals surface area contributed by atoms with Crippen LogP contribution in [0.3, 0.4) is 0 Å². The molecule has 0 saturated carbocycles. The second kappa shape index (κ2) is 6.90. The van der Waals surface area contributed by atoms with Gasteiger partial charge in [-0.25, -0.2) is 0 Å². The van der Waals surface area contributed by atoms with Crippen molar-refractivity contribution >= 4 is 29.1 Å². The van der Waals surface area contributed by atoms with Crippen molar-refractivity contribution in [2.24, 2.45) is 5.10 Å². The largest absolute Gasteiger partial charge is 0.454 e. The molecule has 0 bridgehead atoms. The van der Waals surface area contributed by atoms with E-state index < -0.39 is 0 Å². The van der Waals surface area contributed by atoms with Crippen molar-refractivity contribution in [3.63, 3.8) is 0 Å². The van der Waals surface area contributed by atoms with Crippen molar-refractivity contribution in [3.05, 3.63) is 64.4 Å². The Morgan fingerprint density at radius 1 is 1.04 bits per heavy atom. The van der Waals surface area contributed by atoms with E-state index in [0.717, 1.165) is 52.3 Å². The van der Waals surface area contributed by atoms with Gasteiger partial charge in [-0.3, -0.25) is 0 Å². The number of rotatable bonds is 4. The number of hydrogen-bond acceptors (Lipinski definition) is 6. The zero-order valence-corrected chi connectivity index (χ0v) is 15.8. The van der Waals surface area contributed by atoms with Gasteiger partial charge in [0.05, 0.1) is 5.71 Å². The van der Waals surface area contributed by atoms with E-state index in [4.69, 9.17) is 26.2 Å². The monoisotopic (exact) mass is 398 g/mol. The first-order chi connectivity index (χ1) is 13.3. The summed E-state index contributed by atoms with van der Waals surface area (Å²) in [5.74, 6) is 3.19. The second-order valence-corrected chi connectivity index (χ2v) is 7.62. The van der Waals surface area contributed by atoms with Gasteiger partial charge in [-0.15, -0.1) is 10.2 Å².